The van der Waals surface area contributed by atoms with Crippen molar-refractivity contribution in [2.45, 2.75) is 6.42 Å². The molecule has 1 saturated heterocycles. The predicted molar refractivity (Wildman–Crippen MR) is 69.4 cm³/mol. The van der Waals surface area contributed by atoms with Gasteiger partial charge in [-0.3, -0.25) is 4.79 Å². The number of ether oxygens (including phenoxy) is 1. The number of primary amides is 1. The summed E-state index contributed by atoms with van der Waals surface area (Å²) in [5.74, 6) is -0.178. The molecule has 0 saturated carbocycles. The number of nitrogen functional groups attached to an aromatic ring is 1. The molecule has 0 radical (unpaired) electrons. The Hall–Kier alpha value is -1.78. The lowest BCUT2D eigenvalue weighted by molar-refractivity contribution is 0.100. The van der Waals surface area contributed by atoms with E-state index in [0.29, 0.717) is 23.0 Å². The fourth-order valence-corrected chi connectivity index (χ4v) is 2.77. The number of nitrogens with one attached hydrogen (secondary N) is 1. The van der Waals surface area contributed by atoms with Gasteiger partial charge in [0.15, 0.2) is 0 Å². The monoisotopic (exact) mass is 266 g/mol. The molecule has 0 aliphatic carbocycles. The first kappa shape index (κ1) is 12.7. The van der Waals surface area contributed by atoms with Gasteiger partial charge < -0.3 is 21.5 Å². The number of anilines is 2. The number of carbonyl (C=O) groups is 1. The lowest BCUT2D eigenvalue weighted by atomic mass is 10.1. The van der Waals surface area contributed by atoms with E-state index in [1.54, 1.807) is 0 Å². The van der Waals surface area contributed by atoms with Crippen LogP contribution in [0.3, 0.4) is 0 Å². The topological polar surface area (TPSA) is 114 Å². The number of nitrogens with two attached hydrogens (primary N) is 2. The van der Waals surface area contributed by atoms with Crippen LogP contribution in [0.15, 0.2) is 0 Å². The fourth-order valence-electron chi connectivity index (χ4n) is 1.84. The minimum atomic E-state index is -0.605. The Morgan fingerprint density at radius 1 is 1.67 bits per heavy atom. The molecule has 0 spiro atoms. The van der Waals surface area contributed by atoms with Crippen molar-refractivity contribution in [2.75, 3.05) is 30.8 Å². The van der Waals surface area contributed by atoms with Crippen LogP contribution < -0.4 is 16.8 Å². The summed E-state index contributed by atoms with van der Waals surface area (Å²) in [6.07, 6.45) is 0.998. The van der Waals surface area contributed by atoms with E-state index in [0.717, 1.165) is 31.0 Å². The highest BCUT2D eigenvalue weighted by atomic mass is 32.1. The Morgan fingerprint density at radius 3 is 3.00 bits per heavy atom. The zero-order valence-corrected chi connectivity index (χ0v) is 10.5. The quantitative estimate of drug-likeness (QED) is 0.744. The zero-order valence-electron chi connectivity index (χ0n) is 9.73. The minimum absolute atomic E-state index is 0.167. The molecule has 7 heteroatoms. The van der Waals surface area contributed by atoms with Gasteiger partial charge in [-0.1, -0.05) is 0 Å². The van der Waals surface area contributed by atoms with E-state index >= 15 is 0 Å². The van der Waals surface area contributed by atoms with Gasteiger partial charge in [0.2, 0.25) is 0 Å². The van der Waals surface area contributed by atoms with E-state index in [2.05, 4.69) is 5.32 Å². The highest BCUT2D eigenvalue weighted by molar-refractivity contribution is 7.18. The van der Waals surface area contributed by atoms with Crippen LogP contribution in [0.2, 0.25) is 0 Å². The molecule has 96 valence electrons. The van der Waals surface area contributed by atoms with E-state index in [1.807, 2.05) is 6.07 Å². The zero-order chi connectivity index (χ0) is 13.1. The van der Waals surface area contributed by atoms with E-state index in [-0.39, 0.29) is 10.6 Å². The number of hydrogen-bond donors (Lipinski definition) is 3. The van der Waals surface area contributed by atoms with Gasteiger partial charge in [0.1, 0.15) is 21.5 Å². The van der Waals surface area contributed by atoms with Crippen LogP contribution in [0.5, 0.6) is 0 Å². The molecule has 2 rings (SSSR count). The molecule has 1 amide bonds. The Balaban J connectivity index is 2.14. The number of nitriles is 1. The summed E-state index contributed by atoms with van der Waals surface area (Å²) in [5, 5.41) is 12.8. The lowest BCUT2D eigenvalue weighted by Gasteiger charge is -2.08. The van der Waals surface area contributed by atoms with Crippen molar-refractivity contribution in [1.82, 2.24) is 0 Å². The highest BCUT2D eigenvalue weighted by Gasteiger charge is 2.21. The molecule has 1 fully saturated rings. The van der Waals surface area contributed by atoms with Crippen molar-refractivity contribution in [3.8, 4) is 6.07 Å². The van der Waals surface area contributed by atoms with Gasteiger partial charge in [0.05, 0.1) is 12.3 Å². The second kappa shape index (κ2) is 5.25. The first-order chi connectivity index (χ1) is 8.63. The highest BCUT2D eigenvalue weighted by Crippen LogP contribution is 2.35. The third-order valence-electron chi connectivity index (χ3n) is 2.86. The predicted octanol–water partition coefficient (Wildman–Crippen LogP) is 0.749. The number of rotatable bonds is 4. The molecule has 1 aliphatic rings. The summed E-state index contributed by atoms with van der Waals surface area (Å²) in [6.45, 7) is 2.20. The molecular weight excluding hydrogens is 252 g/mol. The lowest BCUT2D eigenvalue weighted by Crippen LogP contribution is -2.13. The Kier molecular flexibility index (Phi) is 3.69. The summed E-state index contributed by atoms with van der Waals surface area (Å²) in [7, 11) is 0. The number of thiophene rings is 1. The summed E-state index contributed by atoms with van der Waals surface area (Å²) >= 11 is 1.13. The molecule has 1 aromatic heterocycles. The van der Waals surface area contributed by atoms with Crippen LogP contribution in [0.25, 0.3) is 0 Å². The Bertz CT molecular complexity index is 500. The normalized spacial score (nSPS) is 18.5. The second-order valence-corrected chi connectivity index (χ2v) is 5.16. The van der Waals surface area contributed by atoms with Gasteiger partial charge in [-0.05, 0) is 6.42 Å². The third-order valence-corrected chi connectivity index (χ3v) is 4.03. The van der Waals surface area contributed by atoms with Crippen molar-refractivity contribution in [3.63, 3.8) is 0 Å². The van der Waals surface area contributed by atoms with Crippen LogP contribution in [-0.4, -0.2) is 25.7 Å². The van der Waals surface area contributed by atoms with Gasteiger partial charge >= 0.3 is 0 Å². The standard InChI is InChI=1S/C11H14N4O2S/c12-3-7-8(13)9(10(14)16)18-11(7)15-4-6-1-2-17-5-6/h6,15H,1-2,4-5,13H2,(H2,14,16). The molecule has 0 bridgehead atoms. The number of carbonyl (C=O) groups excluding carboxylic acids is 1. The van der Waals surface area contributed by atoms with Crippen LogP contribution in [0.1, 0.15) is 21.7 Å². The molecule has 1 aromatic rings. The molecule has 5 N–H and O–H groups in total. The Morgan fingerprint density at radius 2 is 2.44 bits per heavy atom. The summed E-state index contributed by atoms with van der Waals surface area (Å²) in [5.41, 5.74) is 11.4. The molecule has 18 heavy (non-hydrogen) atoms. The maximum Gasteiger partial charge on any atom is 0.261 e. The average molecular weight is 266 g/mol. The second-order valence-electron chi connectivity index (χ2n) is 4.14. The average Bonchev–Trinajstić information content (AvgIpc) is 2.93. The molecule has 6 nitrogen and oxygen atoms in total. The van der Waals surface area contributed by atoms with E-state index < -0.39 is 5.91 Å². The SMILES string of the molecule is N#Cc1c(NCC2CCOC2)sc(C(N)=O)c1N. The van der Waals surface area contributed by atoms with E-state index in [1.165, 1.54) is 0 Å². The van der Waals surface area contributed by atoms with Crippen molar-refractivity contribution >= 4 is 27.9 Å². The smallest absolute Gasteiger partial charge is 0.261 e. The van der Waals surface area contributed by atoms with Gasteiger partial charge in [0, 0.05) is 19.1 Å². The van der Waals surface area contributed by atoms with Gasteiger partial charge in [-0.25, -0.2) is 0 Å². The molecule has 1 unspecified atom stereocenters. The summed E-state index contributed by atoms with van der Waals surface area (Å²) in [6, 6.07) is 2.00. The van der Waals surface area contributed by atoms with Crippen LogP contribution in [0.4, 0.5) is 10.7 Å². The van der Waals surface area contributed by atoms with Gasteiger partial charge in [-0.2, -0.15) is 5.26 Å². The fraction of sp³-hybridized carbons (Fsp3) is 0.455. The number of amides is 1. The van der Waals surface area contributed by atoms with Crippen LogP contribution in [0, 0.1) is 17.2 Å². The third kappa shape index (κ3) is 2.39. The molecule has 1 atom stereocenters. The molecule has 1 aliphatic heterocycles. The van der Waals surface area contributed by atoms with Crippen molar-refractivity contribution in [3.05, 3.63) is 10.4 Å². The molecule has 2 heterocycles. The maximum absolute atomic E-state index is 11.2. The Labute approximate surface area is 109 Å². The summed E-state index contributed by atoms with van der Waals surface area (Å²) in [4.78, 5) is 11.4. The molecular formula is C11H14N4O2S. The van der Waals surface area contributed by atoms with E-state index in [4.69, 9.17) is 21.5 Å². The maximum atomic E-state index is 11.2. The summed E-state index contributed by atoms with van der Waals surface area (Å²) < 4.78 is 5.27. The van der Waals surface area contributed by atoms with Crippen LogP contribution >= 0.6 is 11.3 Å². The van der Waals surface area contributed by atoms with Crippen molar-refractivity contribution in [2.24, 2.45) is 11.7 Å². The first-order valence-corrected chi connectivity index (χ1v) is 6.39. The van der Waals surface area contributed by atoms with Crippen molar-refractivity contribution < 1.29 is 9.53 Å². The van der Waals surface area contributed by atoms with Crippen molar-refractivity contribution in [1.29, 1.82) is 5.26 Å². The van der Waals surface area contributed by atoms with Gasteiger partial charge in [-0.15, -0.1) is 11.3 Å². The minimum Gasteiger partial charge on any atom is -0.396 e. The van der Waals surface area contributed by atoms with E-state index in [9.17, 15) is 4.79 Å². The molecule has 0 aromatic carbocycles. The number of hydrogen-bond acceptors (Lipinski definition) is 6. The number of nitrogens with zero attached hydrogens (tertiary/aromatic N) is 1. The van der Waals surface area contributed by atoms with Crippen LogP contribution in [-0.2, 0) is 4.74 Å². The van der Waals surface area contributed by atoms with Gasteiger partial charge in [0.25, 0.3) is 5.91 Å². The first-order valence-electron chi connectivity index (χ1n) is 5.57. The largest absolute Gasteiger partial charge is 0.396 e.